The number of benzene rings is 2. The second kappa shape index (κ2) is 11.1. The van der Waals surface area contributed by atoms with Gasteiger partial charge in [0.2, 0.25) is 12.1 Å². The van der Waals surface area contributed by atoms with Crippen molar-refractivity contribution in [3.63, 3.8) is 0 Å². The fourth-order valence-electron chi connectivity index (χ4n) is 4.36. The van der Waals surface area contributed by atoms with Gasteiger partial charge in [0.15, 0.2) is 0 Å². The van der Waals surface area contributed by atoms with E-state index >= 15 is 0 Å². The van der Waals surface area contributed by atoms with Crippen molar-refractivity contribution in [1.82, 2.24) is 9.88 Å². The zero-order valence-corrected chi connectivity index (χ0v) is 20.8. The van der Waals surface area contributed by atoms with E-state index in [1.54, 1.807) is 36.4 Å². The predicted octanol–water partition coefficient (Wildman–Crippen LogP) is 2.80. The van der Waals surface area contributed by atoms with Gasteiger partial charge in [-0.1, -0.05) is 30.0 Å². The summed E-state index contributed by atoms with van der Waals surface area (Å²) in [5, 5.41) is 13.6. The minimum absolute atomic E-state index is 0.0104. The molecule has 3 aromatic rings. The van der Waals surface area contributed by atoms with Gasteiger partial charge in [-0.2, -0.15) is 0 Å². The van der Waals surface area contributed by atoms with Crippen LogP contribution in [0.1, 0.15) is 44.4 Å². The Labute approximate surface area is 210 Å². The first-order valence-electron chi connectivity index (χ1n) is 12.2. The van der Waals surface area contributed by atoms with Gasteiger partial charge < -0.3 is 19.5 Å². The number of nitrogens with zero attached hydrogens (tertiary/aromatic N) is 2. The second-order valence-electron chi connectivity index (χ2n) is 8.87. The summed E-state index contributed by atoms with van der Waals surface area (Å²) in [7, 11) is 0. The first kappa shape index (κ1) is 25.0. The highest BCUT2D eigenvalue weighted by atomic mass is 16.5. The number of amides is 1. The van der Waals surface area contributed by atoms with Gasteiger partial charge in [0.1, 0.15) is 23.9 Å². The lowest BCUT2D eigenvalue weighted by atomic mass is 9.95. The number of Topliss-reactive ketones (excluding diaryl/α,β-unsaturated/α-hetero) is 1. The number of nitrogens with one attached hydrogen (secondary N) is 1. The van der Waals surface area contributed by atoms with E-state index in [0.29, 0.717) is 48.7 Å². The summed E-state index contributed by atoms with van der Waals surface area (Å²) >= 11 is 0. The number of aromatic nitrogens is 2. The molecule has 8 heteroatoms. The standard InChI is InChI=1S/C28H31N3O5/c1-4-35-22-10-8-21(9-11-22)26(32)24-25(20-6-12-23(13-7-20)36-19(2)3)31(28(34)27(24)33)16-5-15-30-17-14-29-18-30/h6-14,17-19,25H,4-5,15-16H2,1-3H3,(H,32,33). The topological polar surface area (TPSA) is 98.6 Å². The summed E-state index contributed by atoms with van der Waals surface area (Å²) in [6.07, 6.45) is 6.17. The molecule has 1 fully saturated rings. The molecule has 4 rings (SSSR count). The van der Waals surface area contributed by atoms with Gasteiger partial charge >= 0.3 is 0 Å². The zero-order chi connectivity index (χ0) is 25.7. The number of carbonyl (C=O) groups excluding carboxylic acids is 2. The first-order valence-corrected chi connectivity index (χ1v) is 12.2. The molecule has 2 aromatic carbocycles. The van der Waals surface area contributed by atoms with Crippen LogP contribution in [-0.4, -0.2) is 40.8 Å². The van der Waals surface area contributed by atoms with Crippen molar-refractivity contribution in [1.29, 1.82) is 0 Å². The third-order valence-electron chi connectivity index (χ3n) is 5.94. The van der Waals surface area contributed by atoms with Gasteiger partial charge in [0.05, 0.1) is 25.3 Å². The largest absolute Gasteiger partial charge is 0.872 e. The van der Waals surface area contributed by atoms with Crippen LogP contribution in [0.3, 0.4) is 0 Å². The molecular weight excluding hydrogens is 458 g/mol. The minimum atomic E-state index is -0.770. The van der Waals surface area contributed by atoms with Gasteiger partial charge in [-0.3, -0.25) is 14.6 Å². The molecule has 0 bridgehead atoms. The number of H-pyrrole nitrogens is 1. The summed E-state index contributed by atoms with van der Waals surface area (Å²) in [5.41, 5.74) is 0.994. The Morgan fingerprint density at radius 1 is 1.08 bits per heavy atom. The monoisotopic (exact) mass is 489 g/mol. The van der Waals surface area contributed by atoms with Crippen LogP contribution in [-0.2, 0) is 16.1 Å². The van der Waals surface area contributed by atoms with E-state index in [1.165, 1.54) is 4.90 Å². The van der Waals surface area contributed by atoms with Gasteiger partial charge in [-0.15, -0.1) is 0 Å². The maximum atomic E-state index is 13.6. The maximum Gasteiger partial charge on any atom is 0.295 e. The van der Waals surface area contributed by atoms with Crippen LogP contribution in [0.15, 0.2) is 72.8 Å². The van der Waals surface area contributed by atoms with Crippen LogP contribution in [0, 0.1) is 0 Å². The number of hydrogen-bond acceptors (Lipinski definition) is 5. The molecule has 1 amide bonds. The van der Waals surface area contributed by atoms with Crippen molar-refractivity contribution >= 4 is 17.4 Å². The van der Waals surface area contributed by atoms with Gasteiger partial charge in [-0.25, -0.2) is 4.57 Å². The van der Waals surface area contributed by atoms with Crippen molar-refractivity contribution in [3.8, 4) is 11.5 Å². The van der Waals surface area contributed by atoms with Crippen LogP contribution < -0.4 is 19.1 Å². The van der Waals surface area contributed by atoms with E-state index < -0.39 is 23.5 Å². The number of rotatable bonds is 10. The van der Waals surface area contributed by atoms with Crippen molar-refractivity contribution in [2.24, 2.45) is 0 Å². The summed E-state index contributed by atoms with van der Waals surface area (Å²) in [6, 6.07) is 13.1. The number of hydrogen-bond donors (Lipinski definition) is 1. The van der Waals surface area contributed by atoms with Crippen molar-refractivity contribution < 1.29 is 28.7 Å². The highest BCUT2D eigenvalue weighted by Gasteiger charge is 2.43. The van der Waals surface area contributed by atoms with Crippen LogP contribution in [0.2, 0.25) is 0 Å². The molecule has 8 nitrogen and oxygen atoms in total. The van der Waals surface area contributed by atoms with Crippen LogP contribution in [0.25, 0.3) is 5.76 Å². The smallest absolute Gasteiger partial charge is 0.295 e. The van der Waals surface area contributed by atoms with Crippen molar-refractivity contribution in [3.05, 3.63) is 84.0 Å². The molecule has 0 spiro atoms. The molecule has 0 radical (unpaired) electrons. The lowest BCUT2D eigenvalue weighted by Gasteiger charge is -2.27. The van der Waals surface area contributed by atoms with E-state index in [4.69, 9.17) is 9.47 Å². The molecule has 1 aliphatic rings. The van der Waals surface area contributed by atoms with Crippen molar-refractivity contribution in [2.75, 3.05) is 13.2 Å². The number of aryl methyl sites for hydroxylation is 1. The average Bonchev–Trinajstić information content (AvgIpc) is 3.47. The van der Waals surface area contributed by atoms with E-state index in [1.807, 2.05) is 56.2 Å². The fraction of sp³-hybridized carbons (Fsp3) is 0.321. The quantitative estimate of drug-likeness (QED) is 0.204. The molecule has 188 valence electrons. The van der Waals surface area contributed by atoms with Gasteiger partial charge in [-0.05, 0) is 56.2 Å². The first-order chi connectivity index (χ1) is 17.4. The number of ketones is 1. The molecular formula is C28H31N3O5. The zero-order valence-electron chi connectivity index (χ0n) is 20.8. The Morgan fingerprint density at radius 2 is 1.78 bits per heavy atom. The summed E-state index contributed by atoms with van der Waals surface area (Å²) in [4.78, 5) is 30.8. The normalized spacial score (nSPS) is 17.1. The van der Waals surface area contributed by atoms with Gasteiger partial charge in [0.25, 0.3) is 5.91 Å². The average molecular weight is 490 g/mol. The molecule has 1 aromatic heterocycles. The Kier molecular flexibility index (Phi) is 7.73. The number of ether oxygens (including phenoxy) is 2. The van der Waals surface area contributed by atoms with E-state index in [0.717, 1.165) is 0 Å². The lowest BCUT2D eigenvalue weighted by molar-refractivity contribution is -0.695. The molecule has 1 N–H and O–H groups in total. The lowest BCUT2D eigenvalue weighted by Crippen LogP contribution is -2.36. The molecule has 1 atom stereocenters. The Morgan fingerprint density at radius 3 is 2.39 bits per heavy atom. The van der Waals surface area contributed by atoms with E-state index in [-0.39, 0.29) is 11.7 Å². The maximum absolute atomic E-state index is 13.6. The fourth-order valence-corrected chi connectivity index (χ4v) is 4.36. The molecule has 1 unspecified atom stereocenters. The molecule has 0 aliphatic carbocycles. The van der Waals surface area contributed by atoms with E-state index in [2.05, 4.69) is 4.98 Å². The molecule has 36 heavy (non-hydrogen) atoms. The molecule has 1 aliphatic heterocycles. The summed E-state index contributed by atoms with van der Waals surface area (Å²) < 4.78 is 13.2. The number of likely N-dealkylation sites (tertiary alicyclic amines) is 1. The Bertz CT molecular complexity index is 1220. The van der Waals surface area contributed by atoms with Gasteiger partial charge in [0, 0.05) is 18.5 Å². The third kappa shape index (κ3) is 5.43. The number of aromatic amines is 1. The SMILES string of the molecule is CCOc1ccc(/C([O-])=C2\C(=O)C(=O)N(CCC[n+]3cc[nH]c3)C2c2ccc(OC(C)C)cc2)cc1. The summed E-state index contributed by atoms with van der Waals surface area (Å²) in [5.74, 6) is -0.550. The highest BCUT2D eigenvalue weighted by molar-refractivity contribution is 6.46. The number of imidazole rings is 1. The minimum Gasteiger partial charge on any atom is -0.872 e. The highest BCUT2D eigenvalue weighted by Crippen LogP contribution is 2.39. The van der Waals surface area contributed by atoms with Crippen LogP contribution >= 0.6 is 0 Å². The van der Waals surface area contributed by atoms with Crippen molar-refractivity contribution in [2.45, 2.75) is 45.9 Å². The number of carbonyl (C=O) groups is 2. The second-order valence-corrected chi connectivity index (χ2v) is 8.87. The molecule has 2 heterocycles. The summed E-state index contributed by atoms with van der Waals surface area (Å²) in [6.45, 7) is 7.26. The third-order valence-corrected chi connectivity index (χ3v) is 5.94. The Balaban J connectivity index is 1.69. The molecule has 1 saturated heterocycles. The predicted molar refractivity (Wildman–Crippen MR) is 132 cm³/mol. The molecule has 0 saturated carbocycles. The Hall–Kier alpha value is -4.07. The van der Waals surface area contributed by atoms with Crippen LogP contribution in [0.5, 0.6) is 11.5 Å². The van der Waals surface area contributed by atoms with E-state index in [9.17, 15) is 14.7 Å². The van der Waals surface area contributed by atoms with Crippen LogP contribution in [0.4, 0.5) is 0 Å².